The van der Waals surface area contributed by atoms with Gasteiger partial charge in [0.05, 0.1) is 5.51 Å². The predicted molar refractivity (Wildman–Crippen MR) is 74.2 cm³/mol. The van der Waals surface area contributed by atoms with Gasteiger partial charge in [0.15, 0.2) is 7.98 Å². The summed E-state index contributed by atoms with van der Waals surface area (Å²) in [6.07, 6.45) is -0.161. The molecule has 0 unspecified atom stereocenters. The van der Waals surface area contributed by atoms with E-state index in [2.05, 4.69) is 17.5 Å². The highest BCUT2D eigenvalue weighted by atomic mass is 32.1. The van der Waals surface area contributed by atoms with E-state index < -0.39 is 0 Å². The minimum absolute atomic E-state index is 0.161. The maximum absolute atomic E-state index is 5.96. The monoisotopic (exact) mass is 244 g/mol. The molecule has 1 aromatic heterocycles. The Morgan fingerprint density at radius 2 is 2.12 bits per heavy atom. The largest absolute Gasteiger partial charge is 0.376 e. The standard InChI is InChI=1S/C10H10B2N2S2/c11-14(6-9-4-2-1-3-5-9)12(15)10-7-16-8-13-10/h1-5,7-8,15H,6H2. The van der Waals surface area contributed by atoms with Gasteiger partial charge >= 0.3 is 6.13 Å². The molecule has 0 aliphatic rings. The van der Waals surface area contributed by atoms with Gasteiger partial charge in [0, 0.05) is 17.5 Å². The summed E-state index contributed by atoms with van der Waals surface area (Å²) in [5.41, 5.74) is 3.85. The van der Waals surface area contributed by atoms with E-state index in [0.717, 1.165) is 5.59 Å². The highest BCUT2D eigenvalue weighted by Gasteiger charge is 2.19. The Labute approximate surface area is 107 Å². The van der Waals surface area contributed by atoms with Gasteiger partial charge in [-0.1, -0.05) is 30.3 Å². The van der Waals surface area contributed by atoms with Crippen molar-refractivity contribution in [1.82, 2.24) is 9.71 Å². The molecule has 0 aliphatic carbocycles. The summed E-state index contributed by atoms with van der Waals surface area (Å²) in [7, 11) is 5.96. The molecular weight excluding hydrogens is 234 g/mol. The van der Waals surface area contributed by atoms with Crippen LogP contribution < -0.4 is 5.59 Å². The average Bonchev–Trinajstić information content (AvgIpc) is 2.83. The van der Waals surface area contributed by atoms with Crippen LogP contribution in [-0.2, 0) is 6.54 Å². The van der Waals surface area contributed by atoms with Gasteiger partial charge in [0.1, 0.15) is 0 Å². The lowest BCUT2D eigenvalue weighted by molar-refractivity contribution is 0.686. The molecule has 0 saturated heterocycles. The van der Waals surface area contributed by atoms with Gasteiger partial charge < -0.3 is 4.72 Å². The van der Waals surface area contributed by atoms with Crippen LogP contribution in [0.5, 0.6) is 0 Å². The molecule has 1 heterocycles. The molecule has 0 saturated carbocycles. The first-order valence-electron chi connectivity index (χ1n) is 4.89. The van der Waals surface area contributed by atoms with E-state index in [1.165, 1.54) is 5.56 Å². The van der Waals surface area contributed by atoms with Crippen molar-refractivity contribution in [3.8, 4) is 0 Å². The summed E-state index contributed by atoms with van der Waals surface area (Å²) in [5, 5.41) is 1.96. The smallest absolute Gasteiger partial charge is 0.332 e. The van der Waals surface area contributed by atoms with Gasteiger partial charge in [-0.25, -0.2) is 12.5 Å². The Morgan fingerprint density at radius 3 is 2.75 bits per heavy atom. The minimum atomic E-state index is -0.161. The highest BCUT2D eigenvalue weighted by molar-refractivity contribution is 8.11. The molecule has 2 rings (SSSR count). The minimum Gasteiger partial charge on any atom is -0.376 e. The van der Waals surface area contributed by atoms with Crippen molar-refractivity contribution in [2.75, 3.05) is 0 Å². The Balaban J connectivity index is 2.01. The molecule has 0 amide bonds. The molecule has 0 atom stereocenters. The maximum atomic E-state index is 5.96. The summed E-state index contributed by atoms with van der Waals surface area (Å²) in [5.74, 6) is 0. The SMILES string of the molecule is [B]N(Cc1ccccc1)B(S)c1cscn1. The summed E-state index contributed by atoms with van der Waals surface area (Å²) < 4.78 is 1.67. The van der Waals surface area contributed by atoms with Crippen molar-refractivity contribution in [1.29, 1.82) is 0 Å². The summed E-state index contributed by atoms with van der Waals surface area (Å²) >= 11 is 6.01. The topological polar surface area (TPSA) is 16.1 Å². The second-order valence-corrected chi connectivity index (χ2v) is 4.65. The number of benzene rings is 1. The number of aromatic nitrogens is 1. The van der Waals surface area contributed by atoms with Gasteiger partial charge in [0.25, 0.3) is 0 Å². The van der Waals surface area contributed by atoms with Gasteiger partial charge in [-0.3, -0.25) is 4.98 Å². The molecule has 2 nitrogen and oxygen atoms in total. The Kier molecular flexibility index (Phi) is 4.09. The summed E-state index contributed by atoms with van der Waals surface area (Å²) in [4.78, 5) is 4.20. The van der Waals surface area contributed by atoms with Gasteiger partial charge in [0.2, 0.25) is 0 Å². The number of hydrogen-bond donors (Lipinski definition) is 1. The van der Waals surface area contributed by atoms with E-state index in [1.807, 2.05) is 35.7 Å². The van der Waals surface area contributed by atoms with E-state index in [1.54, 1.807) is 21.6 Å². The van der Waals surface area contributed by atoms with Crippen LogP contribution in [0.4, 0.5) is 0 Å². The Bertz CT molecular complexity index is 422. The molecule has 0 aliphatic heterocycles. The second-order valence-electron chi connectivity index (χ2n) is 3.44. The van der Waals surface area contributed by atoms with Crippen LogP contribution in [0, 0.1) is 0 Å². The fourth-order valence-electron chi connectivity index (χ4n) is 1.40. The Morgan fingerprint density at radius 1 is 1.38 bits per heavy atom. The average molecular weight is 244 g/mol. The first-order valence-corrected chi connectivity index (χ1v) is 6.34. The lowest BCUT2D eigenvalue weighted by Crippen LogP contribution is -2.43. The van der Waals surface area contributed by atoms with Crippen LogP contribution in [0.25, 0.3) is 0 Å². The lowest BCUT2D eigenvalue weighted by atomic mass is 9.80. The number of rotatable bonds is 4. The second kappa shape index (κ2) is 5.57. The quantitative estimate of drug-likeness (QED) is 0.645. The normalized spacial score (nSPS) is 10.6. The van der Waals surface area contributed by atoms with Gasteiger partial charge in [-0.15, -0.1) is 11.3 Å². The van der Waals surface area contributed by atoms with Crippen molar-refractivity contribution in [2.24, 2.45) is 0 Å². The fraction of sp³-hybridized carbons (Fsp3) is 0.100. The number of thiol groups is 1. The molecule has 0 bridgehead atoms. The molecule has 1 aromatic carbocycles. The van der Waals surface area contributed by atoms with Crippen molar-refractivity contribution in [3.05, 3.63) is 46.8 Å². The number of hydrogen-bond acceptors (Lipinski definition) is 4. The number of thiazole rings is 1. The first kappa shape index (κ1) is 11.8. The Hall–Kier alpha value is -0.710. The summed E-state index contributed by atoms with van der Waals surface area (Å²) in [6.45, 7) is 0.659. The van der Waals surface area contributed by atoms with E-state index in [-0.39, 0.29) is 6.13 Å². The lowest BCUT2D eigenvalue weighted by Gasteiger charge is -2.20. The van der Waals surface area contributed by atoms with Crippen LogP contribution in [-0.4, -0.2) is 23.8 Å². The third kappa shape index (κ3) is 2.90. The van der Waals surface area contributed by atoms with Gasteiger partial charge in [-0.05, 0) is 5.56 Å². The van der Waals surface area contributed by atoms with E-state index in [9.17, 15) is 0 Å². The molecule has 6 heteroatoms. The fourth-order valence-corrected chi connectivity index (χ4v) is 2.30. The van der Waals surface area contributed by atoms with Gasteiger partial charge in [-0.2, -0.15) is 0 Å². The highest BCUT2D eigenvalue weighted by Crippen LogP contribution is 2.06. The van der Waals surface area contributed by atoms with Crippen molar-refractivity contribution in [3.63, 3.8) is 0 Å². The molecule has 2 aromatic rings. The molecule has 0 spiro atoms. The van der Waals surface area contributed by atoms with Crippen LogP contribution >= 0.6 is 23.8 Å². The zero-order valence-electron chi connectivity index (χ0n) is 8.65. The maximum Gasteiger partial charge on any atom is 0.332 e. The van der Waals surface area contributed by atoms with Crippen molar-refractivity contribution < 1.29 is 0 Å². The van der Waals surface area contributed by atoms with E-state index in [0.29, 0.717) is 6.54 Å². The van der Waals surface area contributed by atoms with Crippen LogP contribution in [0.2, 0.25) is 0 Å². The van der Waals surface area contributed by atoms with E-state index in [4.69, 9.17) is 7.98 Å². The molecule has 16 heavy (non-hydrogen) atoms. The van der Waals surface area contributed by atoms with Crippen molar-refractivity contribution >= 4 is 43.5 Å². The molecule has 2 radical (unpaired) electrons. The molecule has 0 fully saturated rings. The zero-order valence-corrected chi connectivity index (χ0v) is 10.4. The van der Waals surface area contributed by atoms with Crippen molar-refractivity contribution in [2.45, 2.75) is 6.54 Å². The third-order valence-corrected chi connectivity index (χ3v) is 3.40. The number of nitrogens with zero attached hydrogens (tertiary/aromatic N) is 2. The first-order chi connectivity index (χ1) is 7.77. The van der Waals surface area contributed by atoms with Crippen LogP contribution in [0.3, 0.4) is 0 Å². The van der Waals surface area contributed by atoms with Crippen LogP contribution in [0.15, 0.2) is 41.2 Å². The molecular formula is C10H10B2N2S2. The summed E-state index contributed by atoms with van der Waals surface area (Å²) in [6, 6.07) is 10.1. The van der Waals surface area contributed by atoms with Crippen LogP contribution in [0.1, 0.15) is 5.56 Å². The predicted octanol–water partition coefficient (Wildman–Crippen LogP) is 1.35. The van der Waals surface area contributed by atoms with E-state index >= 15 is 0 Å². The zero-order chi connectivity index (χ0) is 11.4. The molecule has 78 valence electrons. The molecule has 0 N–H and O–H groups in total. The third-order valence-electron chi connectivity index (χ3n) is 2.24.